The molecule has 32 heavy (non-hydrogen) atoms. The Morgan fingerprint density at radius 2 is 2.06 bits per heavy atom. The van der Waals surface area contributed by atoms with Crippen LogP contribution in [0.3, 0.4) is 0 Å². The average Bonchev–Trinajstić information content (AvgIpc) is 3.13. The molecule has 1 aliphatic heterocycles. The van der Waals surface area contributed by atoms with Crippen molar-refractivity contribution in [2.45, 2.75) is 57.5 Å². The molecular weight excluding hydrogens is 453 g/mol. The van der Waals surface area contributed by atoms with Crippen molar-refractivity contribution >= 4 is 34.9 Å². The van der Waals surface area contributed by atoms with Gasteiger partial charge in [-0.25, -0.2) is 9.48 Å². The van der Waals surface area contributed by atoms with Crippen LogP contribution >= 0.6 is 11.8 Å². The first-order chi connectivity index (χ1) is 15.0. The van der Waals surface area contributed by atoms with E-state index in [2.05, 4.69) is 21.7 Å². The zero-order chi connectivity index (χ0) is 24.1. The lowest BCUT2D eigenvalue weighted by Crippen LogP contribution is -2.32. The highest BCUT2D eigenvalue weighted by Gasteiger charge is 2.38. The number of thioether (sulfide) groups is 1. The SMILES string of the molecule is CCOC(=O)CCCCn1nncc1/C=C1\CNCCC1SC(C)=O.O=C(O)C(F)(F)F. The Bertz CT molecular complexity index is 798. The number of nitrogens with zero attached hydrogens (tertiary/aromatic N) is 3. The minimum Gasteiger partial charge on any atom is -0.475 e. The number of carbonyl (C=O) groups excluding carboxylic acids is 2. The number of piperidine rings is 1. The van der Waals surface area contributed by atoms with E-state index in [9.17, 15) is 22.8 Å². The molecule has 2 heterocycles. The van der Waals surface area contributed by atoms with Crippen LogP contribution in [0.1, 0.15) is 45.2 Å². The van der Waals surface area contributed by atoms with Crippen LogP contribution in [0.25, 0.3) is 6.08 Å². The van der Waals surface area contributed by atoms with Gasteiger partial charge in [0.1, 0.15) is 0 Å². The van der Waals surface area contributed by atoms with Crippen molar-refractivity contribution < 1.29 is 37.4 Å². The van der Waals surface area contributed by atoms with Crippen molar-refractivity contribution in [3.05, 3.63) is 17.5 Å². The number of nitrogens with one attached hydrogen (secondary N) is 1. The number of alkyl halides is 3. The molecule has 1 unspecified atom stereocenters. The molecule has 2 rings (SSSR count). The monoisotopic (exact) mass is 480 g/mol. The lowest BCUT2D eigenvalue weighted by atomic mass is 10.0. The Balaban J connectivity index is 0.000000633. The number of carboxylic acids is 1. The molecule has 1 saturated heterocycles. The maximum atomic E-state index is 11.5. The van der Waals surface area contributed by atoms with E-state index < -0.39 is 12.1 Å². The molecule has 1 aromatic rings. The fourth-order valence-electron chi connectivity index (χ4n) is 2.75. The van der Waals surface area contributed by atoms with Crippen molar-refractivity contribution in [3.63, 3.8) is 0 Å². The average molecular weight is 481 g/mol. The van der Waals surface area contributed by atoms with Gasteiger partial charge in [0.25, 0.3) is 0 Å². The fourth-order valence-corrected chi connectivity index (χ4v) is 3.69. The molecule has 13 heteroatoms. The second-order valence-corrected chi connectivity index (χ2v) is 8.11. The van der Waals surface area contributed by atoms with Crippen LogP contribution in [-0.2, 0) is 25.7 Å². The number of carbonyl (C=O) groups is 3. The summed E-state index contributed by atoms with van der Waals surface area (Å²) in [7, 11) is 0. The van der Waals surface area contributed by atoms with Gasteiger partial charge in [0.2, 0.25) is 0 Å². The number of hydrogen-bond donors (Lipinski definition) is 2. The predicted octanol–water partition coefficient (Wildman–Crippen LogP) is 2.67. The van der Waals surface area contributed by atoms with E-state index in [1.807, 2.05) is 11.6 Å². The van der Waals surface area contributed by atoms with Crippen molar-refractivity contribution in [2.24, 2.45) is 0 Å². The largest absolute Gasteiger partial charge is 0.490 e. The van der Waals surface area contributed by atoms with Crippen molar-refractivity contribution in [3.8, 4) is 0 Å². The van der Waals surface area contributed by atoms with Gasteiger partial charge in [-0.15, -0.1) is 5.10 Å². The van der Waals surface area contributed by atoms with E-state index in [1.54, 1.807) is 13.1 Å². The van der Waals surface area contributed by atoms with Crippen LogP contribution < -0.4 is 5.32 Å². The Hall–Kier alpha value is -2.41. The third-order valence-electron chi connectivity index (χ3n) is 4.16. The lowest BCUT2D eigenvalue weighted by Gasteiger charge is -2.24. The number of aryl methyl sites for hydroxylation is 1. The van der Waals surface area contributed by atoms with Gasteiger partial charge in [-0.1, -0.05) is 17.0 Å². The third-order valence-corrected chi connectivity index (χ3v) is 5.32. The fraction of sp³-hybridized carbons (Fsp3) is 0.632. The summed E-state index contributed by atoms with van der Waals surface area (Å²) in [4.78, 5) is 31.7. The number of ether oxygens (including phenoxy) is 1. The summed E-state index contributed by atoms with van der Waals surface area (Å²) in [6, 6.07) is 0. The van der Waals surface area contributed by atoms with Crippen LogP contribution in [0.2, 0.25) is 0 Å². The van der Waals surface area contributed by atoms with E-state index in [0.717, 1.165) is 38.0 Å². The topological polar surface area (TPSA) is 123 Å². The van der Waals surface area contributed by atoms with E-state index in [0.29, 0.717) is 19.6 Å². The Morgan fingerprint density at radius 1 is 1.38 bits per heavy atom. The van der Waals surface area contributed by atoms with E-state index in [1.165, 1.54) is 17.3 Å². The molecule has 0 radical (unpaired) electrons. The Morgan fingerprint density at radius 3 is 2.66 bits per heavy atom. The van der Waals surface area contributed by atoms with Gasteiger partial charge in [0.15, 0.2) is 5.12 Å². The normalized spacial score (nSPS) is 17.4. The number of aliphatic carboxylic acids is 1. The van der Waals surface area contributed by atoms with Crippen molar-refractivity contribution in [1.82, 2.24) is 20.3 Å². The van der Waals surface area contributed by atoms with Crippen molar-refractivity contribution in [1.29, 1.82) is 0 Å². The number of aromatic nitrogens is 3. The van der Waals surface area contributed by atoms with E-state index >= 15 is 0 Å². The molecule has 1 aromatic heterocycles. The second kappa shape index (κ2) is 13.9. The van der Waals surface area contributed by atoms with Crippen LogP contribution in [0, 0.1) is 0 Å². The zero-order valence-corrected chi connectivity index (χ0v) is 18.7. The number of unbranched alkanes of at least 4 members (excludes halogenated alkanes) is 1. The number of esters is 1. The molecule has 0 saturated carbocycles. The molecule has 0 aliphatic carbocycles. The molecule has 0 aromatic carbocycles. The maximum Gasteiger partial charge on any atom is 0.490 e. The van der Waals surface area contributed by atoms with Gasteiger partial charge in [-0.2, -0.15) is 13.2 Å². The summed E-state index contributed by atoms with van der Waals surface area (Å²) >= 11 is 1.39. The molecule has 2 N–H and O–H groups in total. The Kier molecular flexibility index (Phi) is 12.0. The molecule has 1 fully saturated rings. The number of rotatable bonds is 8. The highest BCUT2D eigenvalue weighted by molar-refractivity contribution is 8.14. The third kappa shape index (κ3) is 10.8. The van der Waals surface area contributed by atoms with Gasteiger partial charge in [0, 0.05) is 31.7 Å². The summed E-state index contributed by atoms with van der Waals surface area (Å²) < 4.78 is 38.5. The van der Waals surface area contributed by atoms with Gasteiger partial charge in [0.05, 0.1) is 18.5 Å². The molecule has 0 spiro atoms. The van der Waals surface area contributed by atoms with Gasteiger partial charge in [-0.05, 0) is 44.4 Å². The molecule has 0 bridgehead atoms. The number of halogens is 3. The summed E-state index contributed by atoms with van der Waals surface area (Å²) in [5, 5.41) is 19.0. The highest BCUT2D eigenvalue weighted by atomic mass is 32.2. The lowest BCUT2D eigenvalue weighted by molar-refractivity contribution is -0.192. The molecule has 1 aliphatic rings. The first-order valence-corrected chi connectivity index (χ1v) is 10.8. The number of carboxylic acid groups (broad SMARTS) is 1. The zero-order valence-electron chi connectivity index (χ0n) is 17.9. The van der Waals surface area contributed by atoms with Crippen molar-refractivity contribution in [2.75, 3.05) is 19.7 Å². The van der Waals surface area contributed by atoms with Crippen LogP contribution in [0.5, 0.6) is 0 Å². The summed E-state index contributed by atoms with van der Waals surface area (Å²) in [6.07, 6.45) is 1.71. The highest BCUT2D eigenvalue weighted by Crippen LogP contribution is 2.27. The summed E-state index contributed by atoms with van der Waals surface area (Å²) in [5.41, 5.74) is 2.13. The molecule has 0 amide bonds. The van der Waals surface area contributed by atoms with Gasteiger partial charge >= 0.3 is 18.1 Å². The van der Waals surface area contributed by atoms with Gasteiger partial charge in [-0.3, -0.25) is 9.59 Å². The predicted molar refractivity (Wildman–Crippen MR) is 112 cm³/mol. The minimum atomic E-state index is -5.08. The first kappa shape index (κ1) is 27.6. The smallest absolute Gasteiger partial charge is 0.475 e. The standard InChI is InChI=1S/C17H26N4O3S.C2HF3O2/c1-3-24-17(23)6-4-5-9-21-15(12-19-20-21)10-14-11-18-8-7-16(14)25-13(2)22;3-2(4,5)1(6)7/h10,12,16,18H,3-9,11H2,1-2H3;(H,6,7)/b14-10+;. The summed E-state index contributed by atoms with van der Waals surface area (Å²) in [6.45, 7) is 6.25. The molecule has 9 nitrogen and oxygen atoms in total. The van der Waals surface area contributed by atoms with Crippen LogP contribution in [-0.4, -0.2) is 68.3 Å². The first-order valence-electron chi connectivity index (χ1n) is 9.97. The second-order valence-electron chi connectivity index (χ2n) is 6.73. The number of hydrogen-bond acceptors (Lipinski definition) is 8. The quantitative estimate of drug-likeness (QED) is 0.427. The van der Waals surface area contributed by atoms with E-state index in [4.69, 9.17) is 14.6 Å². The minimum absolute atomic E-state index is 0.142. The summed E-state index contributed by atoms with van der Waals surface area (Å²) in [5.74, 6) is -2.91. The molecule has 180 valence electrons. The van der Waals surface area contributed by atoms with Crippen LogP contribution in [0.4, 0.5) is 13.2 Å². The van der Waals surface area contributed by atoms with E-state index in [-0.39, 0.29) is 16.3 Å². The Labute approximate surface area is 187 Å². The molecule has 1 atom stereocenters. The van der Waals surface area contributed by atoms with Gasteiger partial charge < -0.3 is 15.2 Å². The molecular formula is C19H27F3N4O5S. The maximum absolute atomic E-state index is 11.5. The van der Waals surface area contributed by atoms with Crippen LogP contribution in [0.15, 0.2) is 11.8 Å².